The van der Waals surface area contributed by atoms with Crippen LogP contribution >= 0.6 is 0 Å². The third-order valence-electron chi connectivity index (χ3n) is 8.02. The van der Waals surface area contributed by atoms with Gasteiger partial charge in [-0.3, -0.25) is 4.79 Å². The van der Waals surface area contributed by atoms with E-state index in [1.165, 1.54) is 0 Å². The van der Waals surface area contributed by atoms with Crippen molar-refractivity contribution in [3.05, 3.63) is 95.6 Å². The number of benzene rings is 3. The fraction of sp³-hybridized carbons (Fsp3) is 0.382. The number of alkyl carbamates (subject to hydrolysis) is 1. The first-order chi connectivity index (χ1) is 20.0. The molecule has 0 fully saturated rings. The summed E-state index contributed by atoms with van der Waals surface area (Å²) in [5.74, 6) is -1.96. The average Bonchev–Trinajstić information content (AvgIpc) is 3.29. The zero-order chi connectivity index (χ0) is 30.4. The Kier molecular flexibility index (Phi) is 9.68. The number of ether oxygens (including phenoxy) is 2. The number of aliphatic carboxylic acids is 1. The predicted octanol–water partition coefficient (Wildman–Crippen LogP) is 5.75. The topological polar surface area (TPSA) is 114 Å². The van der Waals surface area contributed by atoms with Crippen LogP contribution in [0, 0.1) is 11.3 Å². The van der Waals surface area contributed by atoms with Crippen LogP contribution in [0.25, 0.3) is 11.1 Å². The van der Waals surface area contributed by atoms with E-state index < -0.39 is 41.6 Å². The van der Waals surface area contributed by atoms with Crippen LogP contribution in [-0.4, -0.2) is 47.9 Å². The zero-order valence-electron chi connectivity index (χ0n) is 24.8. The van der Waals surface area contributed by atoms with Crippen LogP contribution < -0.4 is 10.6 Å². The maximum atomic E-state index is 13.5. The summed E-state index contributed by atoms with van der Waals surface area (Å²) in [6.45, 7) is 9.13. The van der Waals surface area contributed by atoms with E-state index in [1.54, 1.807) is 20.8 Å². The van der Waals surface area contributed by atoms with E-state index >= 15 is 0 Å². The highest BCUT2D eigenvalue weighted by atomic mass is 16.5. The average molecular weight is 573 g/mol. The summed E-state index contributed by atoms with van der Waals surface area (Å²) in [6, 6.07) is 23.7. The second kappa shape index (κ2) is 13.2. The fourth-order valence-electron chi connectivity index (χ4n) is 5.69. The van der Waals surface area contributed by atoms with E-state index in [9.17, 15) is 19.5 Å². The summed E-state index contributed by atoms with van der Waals surface area (Å²) in [4.78, 5) is 38.7. The molecule has 8 nitrogen and oxygen atoms in total. The standard InChI is InChI=1S/C34H40N2O6/c1-21(2)30(34(4,5)32(39)35-29(31(37)38)22(3)41-19-23-13-7-6-8-14-23)36-33(40)42-20-28-26-17-11-9-15-24(26)25-16-10-12-18-27(25)28/h6-18,21-22,28-30H,19-20H2,1-5H3,(H,35,39)(H,36,40)(H,37,38)/t22-,29+,30?/m1/s1. The number of hydrogen-bond acceptors (Lipinski definition) is 5. The maximum Gasteiger partial charge on any atom is 0.407 e. The lowest BCUT2D eigenvalue weighted by Crippen LogP contribution is -2.59. The minimum atomic E-state index is -1.28. The number of carbonyl (C=O) groups excluding carboxylic acids is 2. The molecule has 0 bridgehead atoms. The third-order valence-corrected chi connectivity index (χ3v) is 8.02. The predicted molar refractivity (Wildman–Crippen MR) is 161 cm³/mol. The van der Waals surface area contributed by atoms with Gasteiger partial charge in [-0.2, -0.15) is 0 Å². The molecule has 3 N–H and O–H groups in total. The van der Waals surface area contributed by atoms with Gasteiger partial charge in [0.15, 0.2) is 6.04 Å². The molecule has 1 aliphatic rings. The van der Waals surface area contributed by atoms with Gasteiger partial charge in [-0.05, 0) is 54.5 Å². The van der Waals surface area contributed by atoms with Crippen LogP contribution in [0.4, 0.5) is 4.79 Å². The molecule has 8 heteroatoms. The monoisotopic (exact) mass is 572 g/mol. The van der Waals surface area contributed by atoms with Gasteiger partial charge in [0.05, 0.1) is 18.1 Å². The second-order valence-corrected chi connectivity index (χ2v) is 11.7. The van der Waals surface area contributed by atoms with Gasteiger partial charge >= 0.3 is 12.1 Å². The molecular formula is C34H40N2O6. The molecule has 3 aromatic carbocycles. The number of carbonyl (C=O) groups is 3. The number of fused-ring (bicyclic) bond motifs is 3. The second-order valence-electron chi connectivity index (χ2n) is 11.7. The Morgan fingerprint density at radius 2 is 1.38 bits per heavy atom. The molecule has 0 radical (unpaired) electrons. The maximum absolute atomic E-state index is 13.5. The molecule has 3 aromatic rings. The molecule has 1 unspecified atom stereocenters. The molecule has 0 spiro atoms. The number of amides is 2. The largest absolute Gasteiger partial charge is 0.480 e. The van der Waals surface area contributed by atoms with Crippen molar-refractivity contribution in [2.24, 2.45) is 11.3 Å². The fourth-order valence-corrected chi connectivity index (χ4v) is 5.69. The molecule has 3 atom stereocenters. The molecule has 0 saturated heterocycles. The van der Waals surface area contributed by atoms with E-state index in [0.29, 0.717) is 0 Å². The van der Waals surface area contributed by atoms with Gasteiger partial charge in [0, 0.05) is 12.0 Å². The number of carboxylic acid groups (broad SMARTS) is 1. The zero-order valence-corrected chi connectivity index (χ0v) is 24.8. The van der Waals surface area contributed by atoms with Crippen LogP contribution in [0.3, 0.4) is 0 Å². The Balaban J connectivity index is 1.40. The number of hydrogen-bond donors (Lipinski definition) is 3. The van der Waals surface area contributed by atoms with E-state index in [-0.39, 0.29) is 25.0 Å². The van der Waals surface area contributed by atoms with E-state index in [0.717, 1.165) is 27.8 Å². The van der Waals surface area contributed by atoms with Crippen molar-refractivity contribution < 1.29 is 29.0 Å². The molecule has 1 aliphatic carbocycles. The lowest BCUT2D eigenvalue weighted by molar-refractivity contribution is -0.148. The summed E-state index contributed by atoms with van der Waals surface area (Å²) >= 11 is 0. The lowest BCUT2D eigenvalue weighted by atomic mass is 9.77. The molecule has 0 aromatic heterocycles. The van der Waals surface area contributed by atoms with E-state index in [1.807, 2.05) is 68.4 Å². The summed E-state index contributed by atoms with van der Waals surface area (Å²) in [5.41, 5.74) is 4.22. The normalized spacial score (nSPS) is 14.8. The van der Waals surface area contributed by atoms with Crippen molar-refractivity contribution in [2.75, 3.05) is 6.61 Å². The first kappa shape index (κ1) is 30.8. The van der Waals surface area contributed by atoms with Crippen LogP contribution in [0.15, 0.2) is 78.9 Å². The van der Waals surface area contributed by atoms with Crippen molar-refractivity contribution in [1.82, 2.24) is 10.6 Å². The summed E-state index contributed by atoms with van der Waals surface area (Å²) in [5, 5.41) is 15.4. The SMILES string of the molecule is CC(C)C(NC(=O)OCC1c2ccccc2-c2ccccc21)C(C)(C)C(=O)N[C@H](C(=O)O)[C@@H](C)OCc1ccccc1. The number of carboxylic acids is 1. The van der Waals surface area contributed by atoms with Crippen LogP contribution in [0.2, 0.25) is 0 Å². The number of rotatable bonds is 12. The molecule has 0 saturated carbocycles. The highest BCUT2D eigenvalue weighted by molar-refractivity contribution is 5.88. The molecule has 222 valence electrons. The summed E-state index contributed by atoms with van der Waals surface area (Å²) in [7, 11) is 0. The van der Waals surface area contributed by atoms with Gasteiger partial charge in [0.1, 0.15) is 6.61 Å². The first-order valence-electron chi connectivity index (χ1n) is 14.3. The van der Waals surface area contributed by atoms with Crippen molar-refractivity contribution in [2.45, 2.75) is 65.3 Å². The highest BCUT2D eigenvalue weighted by Crippen LogP contribution is 2.44. The van der Waals surface area contributed by atoms with Gasteiger partial charge in [0.25, 0.3) is 0 Å². The molecule has 42 heavy (non-hydrogen) atoms. The molecular weight excluding hydrogens is 532 g/mol. The minimum absolute atomic E-state index is 0.0920. The van der Waals surface area contributed by atoms with Crippen LogP contribution in [0.5, 0.6) is 0 Å². The van der Waals surface area contributed by atoms with Gasteiger partial charge < -0.3 is 25.2 Å². The van der Waals surface area contributed by atoms with Crippen molar-refractivity contribution in [3.8, 4) is 11.1 Å². The molecule has 0 aliphatic heterocycles. The van der Waals surface area contributed by atoms with E-state index in [4.69, 9.17) is 9.47 Å². The summed E-state index contributed by atoms with van der Waals surface area (Å²) in [6.07, 6.45) is -1.43. The Hall–Kier alpha value is -4.17. The minimum Gasteiger partial charge on any atom is -0.480 e. The summed E-state index contributed by atoms with van der Waals surface area (Å²) < 4.78 is 11.5. The Morgan fingerprint density at radius 1 is 0.833 bits per heavy atom. The Bertz CT molecular complexity index is 1360. The van der Waals surface area contributed by atoms with Gasteiger partial charge in [-0.1, -0.05) is 92.7 Å². The van der Waals surface area contributed by atoms with Crippen LogP contribution in [-0.2, 0) is 25.7 Å². The smallest absolute Gasteiger partial charge is 0.407 e. The Morgan fingerprint density at radius 3 is 1.93 bits per heavy atom. The van der Waals surface area contributed by atoms with Crippen molar-refractivity contribution in [3.63, 3.8) is 0 Å². The Labute approximate surface area is 247 Å². The van der Waals surface area contributed by atoms with Crippen molar-refractivity contribution >= 4 is 18.0 Å². The van der Waals surface area contributed by atoms with Crippen molar-refractivity contribution in [1.29, 1.82) is 0 Å². The highest BCUT2D eigenvalue weighted by Gasteiger charge is 2.42. The van der Waals surface area contributed by atoms with Gasteiger partial charge in [0.2, 0.25) is 5.91 Å². The lowest BCUT2D eigenvalue weighted by Gasteiger charge is -2.37. The van der Waals surface area contributed by atoms with Crippen LogP contribution in [0.1, 0.15) is 57.2 Å². The first-order valence-corrected chi connectivity index (χ1v) is 14.3. The van der Waals surface area contributed by atoms with Gasteiger partial charge in [-0.25, -0.2) is 9.59 Å². The van der Waals surface area contributed by atoms with E-state index in [2.05, 4.69) is 34.9 Å². The quantitative estimate of drug-likeness (QED) is 0.255. The third kappa shape index (κ3) is 6.82. The molecule has 2 amide bonds. The van der Waals surface area contributed by atoms with Gasteiger partial charge in [-0.15, -0.1) is 0 Å². The number of nitrogens with one attached hydrogen (secondary N) is 2. The molecule has 0 heterocycles. The molecule has 4 rings (SSSR count).